The molecule has 2 saturated carbocycles. The van der Waals surface area contributed by atoms with Crippen LogP contribution in [0.25, 0.3) is 0 Å². The minimum absolute atomic E-state index is 0.186. The van der Waals surface area contributed by atoms with Crippen molar-refractivity contribution in [3.63, 3.8) is 0 Å². The monoisotopic (exact) mass is 251 g/mol. The third-order valence-corrected chi connectivity index (χ3v) is 5.57. The molecule has 2 aliphatic rings. The summed E-state index contributed by atoms with van der Waals surface area (Å²) in [5.74, 6) is 3.67. The van der Waals surface area contributed by atoms with Gasteiger partial charge in [0.1, 0.15) is 5.82 Å². The molecule has 2 bridgehead atoms. The van der Waals surface area contributed by atoms with Gasteiger partial charge in [0.15, 0.2) is 0 Å². The zero-order chi connectivity index (χ0) is 11.8. The van der Waals surface area contributed by atoms with Gasteiger partial charge in [0.25, 0.3) is 0 Å². The van der Waals surface area contributed by atoms with Crippen molar-refractivity contribution < 1.29 is 4.39 Å². The largest absolute Gasteiger partial charge is 0.398 e. The Morgan fingerprint density at radius 3 is 2.88 bits per heavy atom. The molecule has 3 unspecified atom stereocenters. The summed E-state index contributed by atoms with van der Waals surface area (Å²) in [5.41, 5.74) is 6.57. The summed E-state index contributed by atoms with van der Waals surface area (Å²) in [5, 5.41) is 0. The quantitative estimate of drug-likeness (QED) is 0.650. The Bertz CT molecular complexity index is 421. The summed E-state index contributed by atoms with van der Waals surface area (Å²) in [6, 6.07) is 4.66. The van der Waals surface area contributed by atoms with Crippen molar-refractivity contribution in [3.05, 3.63) is 24.0 Å². The highest BCUT2D eigenvalue weighted by Gasteiger charge is 2.39. The zero-order valence-electron chi connectivity index (χ0n) is 9.86. The third-order valence-electron chi connectivity index (χ3n) is 4.31. The number of nitrogen functional groups attached to an aromatic ring is 1. The maximum absolute atomic E-state index is 13.1. The van der Waals surface area contributed by atoms with E-state index in [1.54, 1.807) is 23.9 Å². The van der Waals surface area contributed by atoms with Crippen LogP contribution < -0.4 is 5.73 Å². The highest BCUT2D eigenvalue weighted by atomic mass is 32.2. The molecule has 3 rings (SSSR count). The highest BCUT2D eigenvalue weighted by Crippen LogP contribution is 2.49. The molecule has 3 heteroatoms. The topological polar surface area (TPSA) is 26.0 Å². The maximum atomic E-state index is 13.1. The lowest BCUT2D eigenvalue weighted by atomic mass is 9.90. The summed E-state index contributed by atoms with van der Waals surface area (Å²) >= 11 is 1.73. The Hall–Kier alpha value is -0.700. The molecule has 1 nitrogen and oxygen atoms in total. The van der Waals surface area contributed by atoms with Crippen LogP contribution in [0.5, 0.6) is 0 Å². The van der Waals surface area contributed by atoms with E-state index in [0.717, 1.165) is 28.4 Å². The van der Waals surface area contributed by atoms with Crippen molar-refractivity contribution in [1.29, 1.82) is 0 Å². The second-order valence-corrected chi connectivity index (χ2v) is 6.49. The van der Waals surface area contributed by atoms with Gasteiger partial charge in [-0.1, -0.05) is 6.42 Å². The Balaban J connectivity index is 1.62. The van der Waals surface area contributed by atoms with E-state index >= 15 is 0 Å². The molecule has 0 amide bonds. The van der Waals surface area contributed by atoms with Crippen LogP contribution in [-0.2, 0) is 0 Å². The molecule has 2 N–H and O–H groups in total. The van der Waals surface area contributed by atoms with Crippen LogP contribution in [-0.4, -0.2) is 5.75 Å². The predicted octanol–water partition coefficient (Wildman–Crippen LogP) is 3.94. The van der Waals surface area contributed by atoms with Gasteiger partial charge in [0.2, 0.25) is 0 Å². The minimum atomic E-state index is -0.186. The lowest BCUT2D eigenvalue weighted by Gasteiger charge is -2.21. The molecular weight excluding hydrogens is 233 g/mol. The van der Waals surface area contributed by atoms with Crippen LogP contribution in [0, 0.1) is 23.6 Å². The summed E-state index contributed by atoms with van der Waals surface area (Å²) in [7, 11) is 0. The van der Waals surface area contributed by atoms with Gasteiger partial charge in [0, 0.05) is 16.3 Å². The zero-order valence-corrected chi connectivity index (χ0v) is 10.7. The predicted molar refractivity (Wildman–Crippen MR) is 70.5 cm³/mol. The van der Waals surface area contributed by atoms with Gasteiger partial charge in [-0.05, 0) is 55.2 Å². The van der Waals surface area contributed by atoms with Crippen molar-refractivity contribution in [2.45, 2.75) is 30.6 Å². The average Bonchev–Trinajstić information content (AvgIpc) is 2.92. The van der Waals surface area contributed by atoms with Crippen LogP contribution in [0.4, 0.5) is 10.1 Å². The first-order valence-corrected chi connectivity index (χ1v) is 7.39. The van der Waals surface area contributed by atoms with E-state index in [1.165, 1.54) is 31.7 Å². The number of halogens is 1. The summed E-state index contributed by atoms with van der Waals surface area (Å²) in [4.78, 5) is 0.910. The lowest BCUT2D eigenvalue weighted by Crippen LogP contribution is -2.12. The number of fused-ring (bicyclic) bond motifs is 2. The number of hydrogen-bond acceptors (Lipinski definition) is 2. The van der Waals surface area contributed by atoms with Crippen LogP contribution in [0.1, 0.15) is 25.7 Å². The first-order chi connectivity index (χ1) is 8.22. The number of hydrogen-bond donors (Lipinski definition) is 1. The van der Waals surface area contributed by atoms with Crippen molar-refractivity contribution in [2.75, 3.05) is 11.5 Å². The Morgan fingerprint density at radius 2 is 2.18 bits per heavy atom. The molecular formula is C14H18FNS. The van der Waals surface area contributed by atoms with E-state index < -0.39 is 0 Å². The van der Waals surface area contributed by atoms with Crippen LogP contribution in [0.3, 0.4) is 0 Å². The van der Waals surface area contributed by atoms with Gasteiger partial charge in [-0.3, -0.25) is 0 Å². The number of nitrogens with two attached hydrogens (primary N) is 1. The van der Waals surface area contributed by atoms with Crippen LogP contribution in [0.15, 0.2) is 23.1 Å². The molecule has 2 fully saturated rings. The summed E-state index contributed by atoms with van der Waals surface area (Å²) in [6.07, 6.45) is 5.67. The maximum Gasteiger partial charge on any atom is 0.124 e. The van der Waals surface area contributed by atoms with Gasteiger partial charge in [-0.15, -0.1) is 11.8 Å². The Kier molecular flexibility index (Phi) is 3.03. The van der Waals surface area contributed by atoms with Gasteiger partial charge < -0.3 is 5.73 Å². The molecule has 1 aromatic rings. The first kappa shape index (κ1) is 11.4. The number of anilines is 1. The number of thioether (sulfide) groups is 1. The SMILES string of the molecule is Nc1ccc(F)cc1SCC1CC2CCC1C2. The molecule has 17 heavy (non-hydrogen) atoms. The molecule has 0 spiro atoms. The second kappa shape index (κ2) is 4.52. The molecule has 1 aromatic carbocycles. The minimum Gasteiger partial charge on any atom is -0.398 e. The Labute approximate surface area is 106 Å². The smallest absolute Gasteiger partial charge is 0.124 e. The van der Waals surface area contributed by atoms with Crippen molar-refractivity contribution >= 4 is 17.4 Å². The van der Waals surface area contributed by atoms with Gasteiger partial charge in [-0.2, -0.15) is 0 Å². The van der Waals surface area contributed by atoms with E-state index in [2.05, 4.69) is 0 Å². The fourth-order valence-electron chi connectivity index (χ4n) is 3.41. The second-order valence-electron chi connectivity index (χ2n) is 5.43. The molecule has 92 valence electrons. The normalized spacial score (nSPS) is 31.0. The number of benzene rings is 1. The van der Waals surface area contributed by atoms with E-state index in [4.69, 9.17) is 5.73 Å². The molecule has 0 saturated heterocycles. The molecule has 0 radical (unpaired) electrons. The van der Waals surface area contributed by atoms with Crippen LogP contribution in [0.2, 0.25) is 0 Å². The average molecular weight is 251 g/mol. The standard InChI is InChI=1S/C14H18FNS/c15-12-3-4-13(16)14(7-12)17-8-11-6-9-1-2-10(11)5-9/h3-4,7,9-11H,1-2,5-6,8,16H2. The highest BCUT2D eigenvalue weighted by molar-refractivity contribution is 7.99. The fourth-order valence-corrected chi connectivity index (χ4v) is 4.64. The first-order valence-electron chi connectivity index (χ1n) is 6.40. The summed E-state index contributed by atoms with van der Waals surface area (Å²) in [6.45, 7) is 0. The van der Waals surface area contributed by atoms with E-state index in [9.17, 15) is 4.39 Å². The van der Waals surface area contributed by atoms with Gasteiger partial charge >= 0.3 is 0 Å². The Morgan fingerprint density at radius 1 is 1.29 bits per heavy atom. The molecule has 0 aliphatic heterocycles. The van der Waals surface area contributed by atoms with Crippen molar-refractivity contribution in [2.24, 2.45) is 17.8 Å². The van der Waals surface area contributed by atoms with Crippen LogP contribution >= 0.6 is 11.8 Å². The van der Waals surface area contributed by atoms with Crippen molar-refractivity contribution in [1.82, 2.24) is 0 Å². The van der Waals surface area contributed by atoms with Gasteiger partial charge in [-0.25, -0.2) is 4.39 Å². The molecule has 0 aromatic heterocycles. The molecule has 3 atom stereocenters. The third kappa shape index (κ3) is 2.30. The number of rotatable bonds is 3. The molecule has 0 heterocycles. The fraction of sp³-hybridized carbons (Fsp3) is 0.571. The van der Waals surface area contributed by atoms with E-state index in [0.29, 0.717) is 5.69 Å². The van der Waals surface area contributed by atoms with E-state index in [1.807, 2.05) is 0 Å². The lowest BCUT2D eigenvalue weighted by molar-refractivity contribution is 0.365. The van der Waals surface area contributed by atoms with Gasteiger partial charge in [0.05, 0.1) is 0 Å². The van der Waals surface area contributed by atoms with E-state index in [-0.39, 0.29) is 5.82 Å². The molecule has 2 aliphatic carbocycles. The van der Waals surface area contributed by atoms with Crippen molar-refractivity contribution in [3.8, 4) is 0 Å². The summed E-state index contributed by atoms with van der Waals surface area (Å²) < 4.78 is 13.1.